The molecule has 1 aromatic rings. The summed E-state index contributed by atoms with van der Waals surface area (Å²) in [5, 5.41) is 7.47. The van der Waals surface area contributed by atoms with Gasteiger partial charge in [-0.1, -0.05) is 19.3 Å². The normalized spacial score (nSPS) is 27.3. The van der Waals surface area contributed by atoms with Crippen LogP contribution < -0.4 is 10.0 Å². The maximum absolute atomic E-state index is 12.8. The van der Waals surface area contributed by atoms with E-state index in [0.29, 0.717) is 13.0 Å². The summed E-state index contributed by atoms with van der Waals surface area (Å²) in [5.74, 6) is -0.199. The van der Waals surface area contributed by atoms with Crippen molar-refractivity contribution in [2.45, 2.75) is 77.0 Å². The summed E-state index contributed by atoms with van der Waals surface area (Å²) in [5.41, 5.74) is 1.62. The van der Waals surface area contributed by atoms with Crippen molar-refractivity contribution in [3.05, 3.63) is 17.5 Å². The second kappa shape index (κ2) is 7.66. The second-order valence-corrected chi connectivity index (χ2v) is 9.07. The molecule has 1 saturated carbocycles. The summed E-state index contributed by atoms with van der Waals surface area (Å²) in [6.07, 6.45) is 7.63. The number of carbonyl (C=O) groups excluding carboxylic acids is 1. The van der Waals surface area contributed by atoms with Gasteiger partial charge in [-0.25, -0.2) is 0 Å². The Morgan fingerprint density at radius 1 is 1.35 bits per heavy atom. The minimum atomic E-state index is -3.72. The average molecular weight is 384 g/mol. The molecule has 1 aliphatic carbocycles. The largest absolute Gasteiger partial charge is 0.352 e. The van der Waals surface area contributed by atoms with Crippen molar-refractivity contribution in [2.24, 2.45) is 0 Å². The fourth-order valence-electron chi connectivity index (χ4n) is 3.89. The number of likely N-dealkylation sites (N-methyl/N-ethyl adjacent to an activating group) is 1. The minimum Gasteiger partial charge on any atom is -0.352 e. The maximum Gasteiger partial charge on any atom is 0.280 e. The van der Waals surface area contributed by atoms with Gasteiger partial charge in [0.05, 0.1) is 11.7 Å². The smallest absolute Gasteiger partial charge is 0.280 e. The summed E-state index contributed by atoms with van der Waals surface area (Å²) in [6, 6.07) is -0.999. The third-order valence-corrected chi connectivity index (χ3v) is 7.10. The number of amides is 1. The zero-order valence-corrected chi connectivity index (χ0v) is 16.6. The van der Waals surface area contributed by atoms with Crippen molar-refractivity contribution in [3.8, 4) is 0 Å². The van der Waals surface area contributed by atoms with E-state index in [9.17, 15) is 13.2 Å². The maximum atomic E-state index is 12.8. The summed E-state index contributed by atoms with van der Waals surface area (Å²) in [7, 11) is -2.26. The lowest BCUT2D eigenvalue weighted by Gasteiger charge is -2.37. The Bertz CT molecular complexity index is 754. The molecule has 2 aliphatic rings. The molecule has 0 spiro atoms. The fourth-order valence-corrected chi connectivity index (χ4v) is 5.16. The Morgan fingerprint density at radius 2 is 2.04 bits per heavy atom. The predicted octanol–water partition coefficient (Wildman–Crippen LogP) is 1.24. The van der Waals surface area contributed by atoms with E-state index in [2.05, 4.69) is 15.1 Å². The summed E-state index contributed by atoms with van der Waals surface area (Å²) in [6.45, 7) is 4.56. The standard InChI is InChI=1S/C17H29N5O3S/c1-4-22-11-14(12(2)19-22)15-10-16(21(3)26(24,25)20-15)17(23)18-13-8-6-5-7-9-13/h11,13,15-16,20H,4-10H2,1-3H3,(H,18,23). The van der Waals surface area contributed by atoms with Gasteiger partial charge in [0.1, 0.15) is 6.04 Å². The van der Waals surface area contributed by atoms with E-state index in [1.54, 1.807) is 4.68 Å². The van der Waals surface area contributed by atoms with Gasteiger partial charge in [0.25, 0.3) is 10.2 Å². The lowest BCUT2D eigenvalue weighted by atomic mass is 9.94. The van der Waals surface area contributed by atoms with Crippen molar-refractivity contribution in [3.63, 3.8) is 0 Å². The Hall–Kier alpha value is -1.45. The van der Waals surface area contributed by atoms with Crippen LogP contribution >= 0.6 is 0 Å². The van der Waals surface area contributed by atoms with Gasteiger partial charge in [0, 0.05) is 31.4 Å². The number of nitrogens with zero attached hydrogens (tertiary/aromatic N) is 3. The van der Waals surface area contributed by atoms with Crippen LogP contribution in [0.1, 0.15) is 62.7 Å². The van der Waals surface area contributed by atoms with Gasteiger partial charge in [-0.05, 0) is 33.1 Å². The molecule has 2 atom stereocenters. The van der Waals surface area contributed by atoms with Crippen LogP contribution in [0.5, 0.6) is 0 Å². The Balaban J connectivity index is 1.79. The van der Waals surface area contributed by atoms with E-state index in [1.807, 2.05) is 20.0 Å². The van der Waals surface area contributed by atoms with Gasteiger partial charge in [-0.3, -0.25) is 9.48 Å². The first-order valence-electron chi connectivity index (χ1n) is 9.41. The topological polar surface area (TPSA) is 96.3 Å². The molecule has 1 amide bonds. The first-order chi connectivity index (χ1) is 12.3. The van der Waals surface area contributed by atoms with Gasteiger partial charge in [0.15, 0.2) is 0 Å². The summed E-state index contributed by atoms with van der Waals surface area (Å²) >= 11 is 0. The van der Waals surface area contributed by atoms with Crippen LogP contribution in [0.3, 0.4) is 0 Å². The highest BCUT2D eigenvalue weighted by Crippen LogP contribution is 2.30. The van der Waals surface area contributed by atoms with Gasteiger partial charge in [-0.15, -0.1) is 0 Å². The quantitative estimate of drug-likeness (QED) is 0.818. The number of nitrogens with one attached hydrogen (secondary N) is 2. The molecule has 0 aromatic carbocycles. The molecule has 146 valence electrons. The van der Waals surface area contributed by atoms with E-state index in [-0.39, 0.29) is 11.9 Å². The number of hydrogen-bond donors (Lipinski definition) is 2. The molecule has 0 bridgehead atoms. The molecule has 9 heteroatoms. The van der Waals surface area contributed by atoms with E-state index in [4.69, 9.17) is 0 Å². The molecule has 2 N–H and O–H groups in total. The molecule has 2 fully saturated rings. The summed E-state index contributed by atoms with van der Waals surface area (Å²) < 4.78 is 30.8. The van der Waals surface area contributed by atoms with Crippen LogP contribution in [0.25, 0.3) is 0 Å². The molecule has 1 saturated heterocycles. The minimum absolute atomic E-state index is 0.158. The van der Waals surface area contributed by atoms with Crippen LogP contribution in [-0.4, -0.2) is 47.5 Å². The number of rotatable bonds is 4. The number of hydrogen-bond acceptors (Lipinski definition) is 4. The van der Waals surface area contributed by atoms with Crippen LogP contribution in [0.4, 0.5) is 0 Å². The number of carbonyl (C=O) groups is 1. The molecule has 2 unspecified atom stereocenters. The molecular weight excluding hydrogens is 354 g/mol. The lowest BCUT2D eigenvalue weighted by molar-refractivity contribution is -0.126. The van der Waals surface area contributed by atoms with E-state index in [0.717, 1.165) is 41.2 Å². The number of aromatic nitrogens is 2. The van der Waals surface area contributed by atoms with Crippen molar-refractivity contribution < 1.29 is 13.2 Å². The Morgan fingerprint density at radius 3 is 2.65 bits per heavy atom. The van der Waals surface area contributed by atoms with Crippen LogP contribution in [0.2, 0.25) is 0 Å². The van der Waals surface area contributed by atoms with E-state index >= 15 is 0 Å². The van der Waals surface area contributed by atoms with Crippen LogP contribution in [-0.2, 0) is 21.5 Å². The van der Waals surface area contributed by atoms with Gasteiger partial charge in [-0.2, -0.15) is 22.5 Å². The van der Waals surface area contributed by atoms with Crippen LogP contribution in [0.15, 0.2) is 6.20 Å². The SMILES string of the molecule is CCn1cc(C2CC(C(=O)NC3CCCCC3)N(C)S(=O)(=O)N2)c(C)n1. The van der Waals surface area contributed by atoms with Crippen LogP contribution in [0, 0.1) is 6.92 Å². The molecule has 2 heterocycles. The fraction of sp³-hybridized carbons (Fsp3) is 0.765. The molecule has 8 nitrogen and oxygen atoms in total. The number of aryl methyl sites for hydroxylation is 2. The monoisotopic (exact) mass is 383 g/mol. The molecule has 0 radical (unpaired) electrons. The van der Waals surface area contributed by atoms with Crippen molar-refractivity contribution in [1.82, 2.24) is 24.1 Å². The van der Waals surface area contributed by atoms with E-state index in [1.165, 1.54) is 13.5 Å². The first-order valence-corrected chi connectivity index (χ1v) is 10.9. The lowest BCUT2D eigenvalue weighted by Crippen LogP contribution is -2.58. The third-order valence-electron chi connectivity index (χ3n) is 5.51. The molecule has 3 rings (SSSR count). The molecule has 1 aliphatic heterocycles. The highest BCUT2D eigenvalue weighted by molar-refractivity contribution is 7.87. The molecule has 26 heavy (non-hydrogen) atoms. The van der Waals surface area contributed by atoms with Gasteiger partial charge < -0.3 is 5.32 Å². The zero-order chi connectivity index (χ0) is 18.9. The van der Waals surface area contributed by atoms with E-state index < -0.39 is 22.3 Å². The predicted molar refractivity (Wildman–Crippen MR) is 98.6 cm³/mol. The second-order valence-electron chi connectivity index (χ2n) is 7.31. The molecule has 1 aromatic heterocycles. The third kappa shape index (κ3) is 3.94. The average Bonchev–Trinajstić information content (AvgIpc) is 2.99. The van der Waals surface area contributed by atoms with Gasteiger partial charge >= 0.3 is 0 Å². The summed E-state index contributed by atoms with van der Waals surface area (Å²) in [4.78, 5) is 12.8. The highest BCUT2D eigenvalue weighted by Gasteiger charge is 2.41. The van der Waals surface area contributed by atoms with Crippen molar-refractivity contribution in [2.75, 3.05) is 7.05 Å². The zero-order valence-electron chi connectivity index (χ0n) is 15.7. The van der Waals surface area contributed by atoms with Gasteiger partial charge in [0.2, 0.25) is 5.91 Å². The highest BCUT2D eigenvalue weighted by atomic mass is 32.2. The Kier molecular flexibility index (Phi) is 5.69. The molecular formula is C17H29N5O3S. The Labute approximate surface area is 155 Å². The first kappa shape index (κ1) is 19.3. The van der Waals surface area contributed by atoms with Crippen molar-refractivity contribution in [1.29, 1.82) is 0 Å². The van der Waals surface area contributed by atoms with Crippen molar-refractivity contribution >= 4 is 16.1 Å².